The fourth-order valence-corrected chi connectivity index (χ4v) is 5.25. The van der Waals surface area contributed by atoms with Crippen LogP contribution in [0.15, 0.2) is 28.0 Å². The zero-order chi connectivity index (χ0) is 14.3. The summed E-state index contributed by atoms with van der Waals surface area (Å²) in [5.74, 6) is 0.0476. The molecule has 19 heavy (non-hydrogen) atoms. The molecular weight excluding hydrogens is 286 g/mol. The molecule has 2 rings (SSSR count). The van der Waals surface area contributed by atoms with Crippen molar-refractivity contribution in [3.63, 3.8) is 0 Å². The number of hydrogen-bond acceptors (Lipinski definition) is 5. The highest BCUT2D eigenvalue weighted by Crippen LogP contribution is 2.32. The van der Waals surface area contributed by atoms with E-state index in [2.05, 4.69) is 5.32 Å². The Morgan fingerprint density at radius 3 is 2.26 bits per heavy atom. The molecule has 1 N–H and O–H groups in total. The van der Waals surface area contributed by atoms with Crippen molar-refractivity contribution < 1.29 is 16.8 Å². The predicted octanol–water partition coefficient (Wildman–Crippen LogP) is 0.571. The van der Waals surface area contributed by atoms with Crippen molar-refractivity contribution in [2.24, 2.45) is 0 Å². The van der Waals surface area contributed by atoms with Crippen LogP contribution in [0.5, 0.6) is 0 Å². The number of benzene rings is 1. The molecule has 0 bridgehead atoms. The smallest absolute Gasteiger partial charge is 0.177 e. The molecule has 0 radical (unpaired) electrons. The molecular formula is C12H17NO4S2. The van der Waals surface area contributed by atoms with E-state index in [1.807, 2.05) is 0 Å². The van der Waals surface area contributed by atoms with Crippen molar-refractivity contribution >= 4 is 19.7 Å². The van der Waals surface area contributed by atoms with E-state index in [0.29, 0.717) is 12.1 Å². The number of rotatable bonds is 3. The summed E-state index contributed by atoms with van der Waals surface area (Å²) in [6.07, 6.45) is 2.91. The van der Waals surface area contributed by atoms with Crippen LogP contribution in [0, 0.1) is 0 Å². The van der Waals surface area contributed by atoms with E-state index < -0.39 is 19.7 Å². The van der Waals surface area contributed by atoms with Gasteiger partial charge in [-0.2, -0.15) is 0 Å². The van der Waals surface area contributed by atoms with Gasteiger partial charge in [0.15, 0.2) is 19.7 Å². The van der Waals surface area contributed by atoms with Crippen molar-refractivity contribution in [2.75, 3.05) is 25.6 Å². The second kappa shape index (κ2) is 4.88. The topological polar surface area (TPSA) is 80.3 Å². The van der Waals surface area contributed by atoms with E-state index >= 15 is 0 Å². The zero-order valence-corrected chi connectivity index (χ0v) is 12.5. The van der Waals surface area contributed by atoms with Crippen molar-refractivity contribution in [1.29, 1.82) is 0 Å². The maximum Gasteiger partial charge on any atom is 0.177 e. The minimum absolute atomic E-state index is 0.0359. The van der Waals surface area contributed by atoms with Gasteiger partial charge in [-0.05, 0) is 30.5 Å². The van der Waals surface area contributed by atoms with E-state index in [-0.39, 0.29) is 15.7 Å². The van der Waals surface area contributed by atoms with Crippen LogP contribution in [0.3, 0.4) is 0 Å². The van der Waals surface area contributed by atoms with Crippen LogP contribution in [0.4, 0.5) is 0 Å². The van der Waals surface area contributed by atoms with Crippen LogP contribution in [0.25, 0.3) is 0 Å². The highest BCUT2D eigenvalue weighted by atomic mass is 32.2. The average molecular weight is 303 g/mol. The summed E-state index contributed by atoms with van der Waals surface area (Å²) in [4.78, 5) is -0.134. The average Bonchev–Trinajstić information content (AvgIpc) is 2.79. The van der Waals surface area contributed by atoms with Crippen LogP contribution < -0.4 is 5.32 Å². The summed E-state index contributed by atoms with van der Waals surface area (Å²) in [6.45, 7) is 1.49. The number of nitrogens with one attached hydrogen (secondary N) is 1. The molecule has 1 unspecified atom stereocenters. The van der Waals surface area contributed by atoms with Gasteiger partial charge in [-0.25, -0.2) is 16.8 Å². The van der Waals surface area contributed by atoms with Gasteiger partial charge >= 0.3 is 0 Å². The minimum atomic E-state index is -3.59. The van der Waals surface area contributed by atoms with Gasteiger partial charge in [-0.15, -0.1) is 0 Å². The third-order valence-corrected chi connectivity index (χ3v) is 5.75. The lowest BCUT2D eigenvalue weighted by Crippen LogP contribution is -2.14. The monoisotopic (exact) mass is 303 g/mol. The fourth-order valence-electron chi connectivity index (χ4n) is 2.46. The van der Waals surface area contributed by atoms with E-state index in [1.54, 1.807) is 12.1 Å². The highest BCUT2D eigenvalue weighted by Gasteiger charge is 2.28. The van der Waals surface area contributed by atoms with Gasteiger partial charge in [0.25, 0.3) is 0 Å². The van der Waals surface area contributed by atoms with Gasteiger partial charge in [0.05, 0.1) is 9.79 Å². The lowest BCUT2D eigenvalue weighted by Gasteiger charge is -2.16. The molecule has 1 aromatic rings. The lowest BCUT2D eigenvalue weighted by molar-refractivity contribution is 0.584. The fraction of sp³-hybridized carbons (Fsp3) is 0.500. The van der Waals surface area contributed by atoms with Gasteiger partial charge in [0.2, 0.25) is 0 Å². The van der Waals surface area contributed by atoms with Gasteiger partial charge < -0.3 is 5.32 Å². The Morgan fingerprint density at radius 1 is 1.11 bits per heavy atom. The van der Waals surface area contributed by atoms with E-state index in [9.17, 15) is 16.8 Å². The van der Waals surface area contributed by atoms with Crippen molar-refractivity contribution in [3.8, 4) is 0 Å². The normalized spacial score (nSPS) is 20.6. The lowest BCUT2D eigenvalue weighted by atomic mass is 9.98. The molecule has 106 valence electrons. The van der Waals surface area contributed by atoms with Crippen LogP contribution >= 0.6 is 0 Å². The summed E-state index contributed by atoms with van der Waals surface area (Å²) in [7, 11) is -7.16. The van der Waals surface area contributed by atoms with Crippen molar-refractivity contribution in [3.05, 3.63) is 23.8 Å². The van der Waals surface area contributed by atoms with Crippen LogP contribution in [-0.2, 0) is 19.7 Å². The standard InChI is InChI=1S/C12H17NO4S2/c1-18(14,15)11-5-3-4-10(9-6-7-13-8-9)12(11)19(2,16)17/h3-5,9,13H,6-8H2,1-2H3. The molecule has 0 aliphatic carbocycles. The van der Waals surface area contributed by atoms with Crippen LogP contribution in [0.2, 0.25) is 0 Å². The van der Waals surface area contributed by atoms with Crippen molar-refractivity contribution in [2.45, 2.75) is 22.1 Å². The SMILES string of the molecule is CS(=O)(=O)c1cccc(C2CCNC2)c1S(C)(=O)=O. The first kappa shape index (κ1) is 14.5. The maximum absolute atomic E-state index is 12.0. The third-order valence-electron chi connectivity index (χ3n) is 3.28. The molecule has 7 heteroatoms. The molecule has 0 saturated carbocycles. The first-order chi connectivity index (χ1) is 8.71. The zero-order valence-electron chi connectivity index (χ0n) is 10.9. The van der Waals surface area contributed by atoms with Gasteiger partial charge in [0.1, 0.15) is 0 Å². The quantitative estimate of drug-likeness (QED) is 0.883. The summed E-state index contributed by atoms with van der Waals surface area (Å²) in [6, 6.07) is 4.68. The molecule has 0 spiro atoms. The number of hydrogen-bond donors (Lipinski definition) is 1. The van der Waals surface area contributed by atoms with E-state index in [0.717, 1.165) is 25.5 Å². The Bertz CT molecular complexity index is 686. The largest absolute Gasteiger partial charge is 0.316 e. The molecule has 1 aliphatic rings. The van der Waals surface area contributed by atoms with Crippen molar-refractivity contribution in [1.82, 2.24) is 5.32 Å². The Labute approximate surface area is 113 Å². The highest BCUT2D eigenvalue weighted by molar-refractivity contribution is 7.93. The first-order valence-electron chi connectivity index (χ1n) is 5.95. The second-order valence-electron chi connectivity index (χ2n) is 4.91. The Morgan fingerprint density at radius 2 is 1.79 bits per heavy atom. The molecule has 1 saturated heterocycles. The van der Waals surface area contributed by atoms with Gasteiger partial charge in [-0.1, -0.05) is 12.1 Å². The molecule has 5 nitrogen and oxygen atoms in total. The summed E-state index contributed by atoms with van der Waals surface area (Å²) in [5, 5.41) is 3.16. The molecule has 1 aliphatic heterocycles. The molecule has 1 fully saturated rings. The summed E-state index contributed by atoms with van der Waals surface area (Å²) >= 11 is 0. The molecule has 0 amide bonds. The molecule has 0 aromatic heterocycles. The second-order valence-corrected chi connectivity index (χ2v) is 8.85. The Balaban J connectivity index is 2.75. The predicted molar refractivity (Wildman–Crippen MR) is 72.9 cm³/mol. The minimum Gasteiger partial charge on any atom is -0.316 e. The van der Waals surface area contributed by atoms with E-state index in [1.165, 1.54) is 6.07 Å². The van der Waals surface area contributed by atoms with Gasteiger partial charge in [-0.3, -0.25) is 0 Å². The third kappa shape index (κ3) is 2.98. The molecule has 1 aromatic carbocycles. The summed E-state index contributed by atoms with van der Waals surface area (Å²) < 4.78 is 47.6. The maximum atomic E-state index is 12.0. The van der Waals surface area contributed by atoms with E-state index in [4.69, 9.17) is 0 Å². The van der Waals surface area contributed by atoms with Crippen LogP contribution in [0.1, 0.15) is 17.9 Å². The van der Waals surface area contributed by atoms with Crippen LogP contribution in [-0.4, -0.2) is 42.4 Å². The number of sulfone groups is 2. The Kier molecular flexibility index (Phi) is 3.72. The molecule has 1 atom stereocenters. The summed E-state index contributed by atoms with van der Waals surface area (Å²) in [5.41, 5.74) is 0.607. The Hall–Kier alpha value is -0.920. The molecule has 1 heterocycles. The van der Waals surface area contributed by atoms with Gasteiger partial charge in [0, 0.05) is 19.1 Å². The first-order valence-corrected chi connectivity index (χ1v) is 9.73.